The van der Waals surface area contributed by atoms with Crippen molar-refractivity contribution in [3.63, 3.8) is 0 Å². The van der Waals surface area contributed by atoms with Crippen molar-refractivity contribution in [1.82, 2.24) is 0 Å². The maximum absolute atomic E-state index is 11.0. The molecule has 0 saturated heterocycles. The summed E-state index contributed by atoms with van der Waals surface area (Å²) in [5, 5.41) is 0. The molecule has 0 spiro atoms. The van der Waals surface area contributed by atoms with Crippen molar-refractivity contribution in [2.75, 3.05) is 0 Å². The molecule has 0 unspecified atom stereocenters. The summed E-state index contributed by atoms with van der Waals surface area (Å²) in [5.41, 5.74) is 3.31. The minimum absolute atomic E-state index is 0.592. The van der Waals surface area contributed by atoms with Gasteiger partial charge in [0, 0.05) is 5.56 Å². The van der Waals surface area contributed by atoms with Gasteiger partial charge < -0.3 is 0 Å². The lowest BCUT2D eigenvalue weighted by atomic mass is 9.94. The van der Waals surface area contributed by atoms with E-state index in [1.165, 1.54) is 11.1 Å². The van der Waals surface area contributed by atoms with E-state index in [9.17, 15) is 4.79 Å². The van der Waals surface area contributed by atoms with Crippen LogP contribution in [0.1, 0.15) is 49.2 Å². The van der Waals surface area contributed by atoms with Crippen LogP contribution in [-0.2, 0) is 12.8 Å². The van der Waals surface area contributed by atoms with Gasteiger partial charge >= 0.3 is 0 Å². The molecule has 1 aromatic rings. The molecule has 1 rings (SSSR count). The smallest absolute Gasteiger partial charge is 0.150 e. The first-order valence-corrected chi connectivity index (χ1v) is 6.10. The van der Waals surface area contributed by atoms with E-state index in [0.717, 1.165) is 24.7 Å². The number of rotatable bonds is 5. The van der Waals surface area contributed by atoms with Crippen LogP contribution in [0, 0.1) is 11.8 Å². The van der Waals surface area contributed by atoms with E-state index in [2.05, 4.69) is 39.8 Å². The van der Waals surface area contributed by atoms with Gasteiger partial charge in [0.1, 0.15) is 6.29 Å². The lowest BCUT2D eigenvalue weighted by Crippen LogP contribution is -2.01. The Kier molecular flexibility index (Phi) is 4.72. The van der Waals surface area contributed by atoms with Gasteiger partial charge in [-0.3, -0.25) is 4.79 Å². The third kappa shape index (κ3) is 3.80. The van der Waals surface area contributed by atoms with Gasteiger partial charge in [-0.05, 0) is 41.9 Å². The van der Waals surface area contributed by atoms with Crippen LogP contribution in [-0.4, -0.2) is 6.29 Å². The summed E-state index contributed by atoms with van der Waals surface area (Å²) in [5.74, 6) is 1.23. The van der Waals surface area contributed by atoms with Crippen molar-refractivity contribution in [3.05, 3.63) is 34.9 Å². The van der Waals surface area contributed by atoms with Crippen molar-refractivity contribution < 1.29 is 4.79 Å². The molecule has 0 aromatic heterocycles. The number of carbonyl (C=O) groups excluding carboxylic acids is 1. The lowest BCUT2D eigenvalue weighted by molar-refractivity contribution is 0.112. The second kappa shape index (κ2) is 5.83. The number of carbonyl (C=O) groups is 1. The van der Waals surface area contributed by atoms with Crippen molar-refractivity contribution >= 4 is 6.29 Å². The highest BCUT2D eigenvalue weighted by Crippen LogP contribution is 2.17. The SMILES string of the molecule is CC(C)Cc1ccc(CC(C)C)c(C=O)c1. The quantitative estimate of drug-likeness (QED) is 0.685. The van der Waals surface area contributed by atoms with E-state index in [1.807, 2.05) is 6.07 Å². The second-order valence-corrected chi connectivity index (χ2v) is 5.35. The van der Waals surface area contributed by atoms with Crippen molar-refractivity contribution in [3.8, 4) is 0 Å². The fraction of sp³-hybridized carbons (Fsp3) is 0.533. The first kappa shape index (κ1) is 13.0. The molecule has 0 saturated carbocycles. The van der Waals surface area contributed by atoms with Gasteiger partial charge in [-0.25, -0.2) is 0 Å². The van der Waals surface area contributed by atoms with E-state index in [0.29, 0.717) is 11.8 Å². The van der Waals surface area contributed by atoms with E-state index < -0.39 is 0 Å². The summed E-state index contributed by atoms with van der Waals surface area (Å²) < 4.78 is 0. The third-order valence-electron chi connectivity index (χ3n) is 2.61. The zero-order valence-electron chi connectivity index (χ0n) is 10.8. The zero-order chi connectivity index (χ0) is 12.1. The predicted octanol–water partition coefficient (Wildman–Crippen LogP) is 3.90. The average Bonchev–Trinajstić information content (AvgIpc) is 2.18. The van der Waals surface area contributed by atoms with Crippen LogP contribution < -0.4 is 0 Å². The fourth-order valence-electron chi connectivity index (χ4n) is 1.98. The standard InChI is InChI=1S/C15H22O/c1-11(2)7-13-5-6-14(8-12(3)4)15(9-13)10-16/h5-6,9-12H,7-8H2,1-4H3. The molecule has 0 heterocycles. The van der Waals surface area contributed by atoms with E-state index >= 15 is 0 Å². The molecular formula is C15H22O. The third-order valence-corrected chi connectivity index (χ3v) is 2.61. The summed E-state index contributed by atoms with van der Waals surface area (Å²) in [6, 6.07) is 6.32. The van der Waals surface area contributed by atoms with Crippen LogP contribution >= 0.6 is 0 Å². The number of hydrogen-bond acceptors (Lipinski definition) is 1. The normalized spacial score (nSPS) is 11.1. The van der Waals surface area contributed by atoms with E-state index in [4.69, 9.17) is 0 Å². The molecule has 1 nitrogen and oxygen atoms in total. The highest BCUT2D eigenvalue weighted by Gasteiger charge is 2.06. The number of benzene rings is 1. The molecule has 0 radical (unpaired) electrons. The molecule has 0 aliphatic carbocycles. The Morgan fingerprint density at radius 1 is 1.06 bits per heavy atom. The Bertz CT molecular complexity index is 350. The molecule has 0 amide bonds. The summed E-state index contributed by atoms with van der Waals surface area (Å²) in [4.78, 5) is 11.0. The molecule has 0 fully saturated rings. The molecule has 0 aliphatic rings. The van der Waals surface area contributed by atoms with Gasteiger partial charge in [0.05, 0.1) is 0 Å². The first-order valence-electron chi connectivity index (χ1n) is 6.10. The van der Waals surface area contributed by atoms with Gasteiger partial charge in [0.25, 0.3) is 0 Å². The predicted molar refractivity (Wildman–Crippen MR) is 68.9 cm³/mol. The average molecular weight is 218 g/mol. The Balaban J connectivity index is 2.92. The molecule has 88 valence electrons. The highest BCUT2D eigenvalue weighted by molar-refractivity contribution is 5.77. The van der Waals surface area contributed by atoms with Crippen LogP contribution in [0.5, 0.6) is 0 Å². The summed E-state index contributed by atoms with van der Waals surface area (Å²) in [6.07, 6.45) is 3.01. The van der Waals surface area contributed by atoms with Gasteiger partial charge in [-0.2, -0.15) is 0 Å². The molecule has 1 aromatic carbocycles. The molecular weight excluding hydrogens is 196 g/mol. The maximum Gasteiger partial charge on any atom is 0.150 e. The van der Waals surface area contributed by atoms with Crippen LogP contribution in [0.25, 0.3) is 0 Å². The Labute approximate surface area is 98.9 Å². The largest absolute Gasteiger partial charge is 0.298 e. The highest BCUT2D eigenvalue weighted by atomic mass is 16.1. The summed E-state index contributed by atoms with van der Waals surface area (Å²) in [7, 11) is 0. The maximum atomic E-state index is 11.0. The summed E-state index contributed by atoms with van der Waals surface area (Å²) in [6.45, 7) is 8.75. The molecule has 16 heavy (non-hydrogen) atoms. The lowest BCUT2D eigenvalue weighted by Gasteiger charge is -2.11. The topological polar surface area (TPSA) is 17.1 Å². The van der Waals surface area contributed by atoms with Gasteiger partial charge in [-0.15, -0.1) is 0 Å². The Morgan fingerprint density at radius 3 is 2.19 bits per heavy atom. The molecule has 0 aliphatic heterocycles. The zero-order valence-corrected chi connectivity index (χ0v) is 10.8. The van der Waals surface area contributed by atoms with E-state index in [-0.39, 0.29) is 0 Å². The molecule has 0 bridgehead atoms. The van der Waals surface area contributed by atoms with Crippen LogP contribution in [0.2, 0.25) is 0 Å². The molecule has 0 N–H and O–H groups in total. The van der Waals surface area contributed by atoms with Crippen molar-refractivity contribution in [2.24, 2.45) is 11.8 Å². The Morgan fingerprint density at radius 2 is 1.69 bits per heavy atom. The molecule has 1 heteroatoms. The van der Waals surface area contributed by atoms with Gasteiger partial charge in [0.15, 0.2) is 0 Å². The van der Waals surface area contributed by atoms with Crippen LogP contribution in [0.4, 0.5) is 0 Å². The number of hydrogen-bond donors (Lipinski definition) is 0. The molecule has 0 atom stereocenters. The number of aldehydes is 1. The summed E-state index contributed by atoms with van der Waals surface area (Å²) >= 11 is 0. The minimum atomic E-state index is 0.592. The van der Waals surface area contributed by atoms with Crippen LogP contribution in [0.3, 0.4) is 0 Å². The van der Waals surface area contributed by atoms with Crippen molar-refractivity contribution in [1.29, 1.82) is 0 Å². The fourth-order valence-corrected chi connectivity index (χ4v) is 1.98. The first-order chi connectivity index (χ1) is 7.52. The minimum Gasteiger partial charge on any atom is -0.298 e. The van der Waals surface area contributed by atoms with Gasteiger partial charge in [0.2, 0.25) is 0 Å². The van der Waals surface area contributed by atoms with Crippen LogP contribution in [0.15, 0.2) is 18.2 Å². The van der Waals surface area contributed by atoms with Gasteiger partial charge in [-0.1, -0.05) is 39.8 Å². The second-order valence-electron chi connectivity index (χ2n) is 5.35. The van der Waals surface area contributed by atoms with Crippen molar-refractivity contribution in [2.45, 2.75) is 40.5 Å². The Hall–Kier alpha value is -1.11. The monoisotopic (exact) mass is 218 g/mol. The van der Waals surface area contributed by atoms with E-state index in [1.54, 1.807) is 0 Å².